The van der Waals surface area contributed by atoms with Crippen molar-refractivity contribution >= 4 is 10.9 Å². The molecule has 0 saturated carbocycles. The molecule has 2 heterocycles. The molecule has 0 aliphatic carbocycles. The summed E-state index contributed by atoms with van der Waals surface area (Å²) in [5.74, 6) is 0.797. The van der Waals surface area contributed by atoms with Crippen molar-refractivity contribution < 1.29 is 5.11 Å². The number of pyridine rings is 1. The van der Waals surface area contributed by atoms with E-state index in [0.29, 0.717) is 11.3 Å². The SMILES string of the molecule is Oc1cccc2ccc(-n3ccnn3)nc12. The highest BCUT2D eigenvalue weighted by Crippen LogP contribution is 2.22. The predicted octanol–water partition coefficient (Wildman–Crippen LogP) is 1.52. The number of aromatic hydroxyl groups is 1. The van der Waals surface area contributed by atoms with Gasteiger partial charge in [-0.05, 0) is 18.2 Å². The number of benzene rings is 1. The second-order valence-corrected chi connectivity index (χ2v) is 3.37. The lowest BCUT2D eigenvalue weighted by molar-refractivity contribution is 0.480. The van der Waals surface area contributed by atoms with Crippen LogP contribution in [0.1, 0.15) is 0 Å². The molecule has 0 spiro atoms. The Morgan fingerprint density at radius 1 is 1.12 bits per heavy atom. The van der Waals surface area contributed by atoms with Crippen LogP contribution in [0.3, 0.4) is 0 Å². The number of rotatable bonds is 1. The molecule has 1 aromatic carbocycles. The van der Waals surface area contributed by atoms with Gasteiger partial charge in [0.25, 0.3) is 0 Å². The topological polar surface area (TPSA) is 63.8 Å². The van der Waals surface area contributed by atoms with Gasteiger partial charge in [0.2, 0.25) is 0 Å². The fourth-order valence-corrected chi connectivity index (χ4v) is 1.58. The average molecular weight is 212 g/mol. The van der Waals surface area contributed by atoms with Gasteiger partial charge in [-0.15, -0.1) is 5.10 Å². The standard InChI is InChI=1S/C11H8N4O/c16-9-3-1-2-8-4-5-10(13-11(8)9)15-7-6-12-14-15/h1-7,16H. The third-order valence-corrected chi connectivity index (χ3v) is 2.34. The largest absolute Gasteiger partial charge is 0.506 e. The third-order valence-electron chi connectivity index (χ3n) is 2.34. The highest BCUT2D eigenvalue weighted by Gasteiger charge is 2.04. The van der Waals surface area contributed by atoms with Gasteiger partial charge in [-0.25, -0.2) is 9.67 Å². The first-order chi connectivity index (χ1) is 7.84. The van der Waals surface area contributed by atoms with Crippen molar-refractivity contribution in [2.75, 3.05) is 0 Å². The van der Waals surface area contributed by atoms with Crippen LogP contribution in [0.15, 0.2) is 42.7 Å². The minimum atomic E-state index is 0.166. The lowest BCUT2D eigenvalue weighted by Crippen LogP contribution is -1.98. The molecular formula is C11H8N4O. The Labute approximate surface area is 91.0 Å². The van der Waals surface area contributed by atoms with Crippen molar-refractivity contribution in [1.29, 1.82) is 0 Å². The van der Waals surface area contributed by atoms with E-state index in [4.69, 9.17) is 0 Å². The highest BCUT2D eigenvalue weighted by atomic mass is 16.3. The van der Waals surface area contributed by atoms with Crippen molar-refractivity contribution in [3.05, 3.63) is 42.7 Å². The molecule has 0 fully saturated rings. The summed E-state index contributed by atoms with van der Waals surface area (Å²) in [6.45, 7) is 0. The molecule has 16 heavy (non-hydrogen) atoms. The second kappa shape index (κ2) is 3.30. The number of fused-ring (bicyclic) bond motifs is 1. The fraction of sp³-hybridized carbons (Fsp3) is 0. The molecule has 0 bridgehead atoms. The van der Waals surface area contributed by atoms with Crippen molar-refractivity contribution in [3.8, 4) is 11.6 Å². The normalized spacial score (nSPS) is 10.8. The van der Waals surface area contributed by atoms with Crippen LogP contribution in [0.5, 0.6) is 5.75 Å². The molecule has 3 aromatic rings. The van der Waals surface area contributed by atoms with Crippen LogP contribution in [0.25, 0.3) is 16.7 Å². The van der Waals surface area contributed by atoms with E-state index in [0.717, 1.165) is 5.39 Å². The number of para-hydroxylation sites is 1. The number of phenolic OH excluding ortho intramolecular Hbond substituents is 1. The van der Waals surface area contributed by atoms with E-state index >= 15 is 0 Å². The second-order valence-electron chi connectivity index (χ2n) is 3.37. The summed E-state index contributed by atoms with van der Waals surface area (Å²) < 4.78 is 1.55. The molecule has 0 atom stereocenters. The van der Waals surface area contributed by atoms with E-state index < -0.39 is 0 Å². The maximum Gasteiger partial charge on any atom is 0.155 e. The maximum atomic E-state index is 9.69. The van der Waals surface area contributed by atoms with Crippen molar-refractivity contribution in [3.63, 3.8) is 0 Å². The lowest BCUT2D eigenvalue weighted by atomic mass is 10.2. The molecule has 0 unspecified atom stereocenters. The van der Waals surface area contributed by atoms with Gasteiger partial charge in [-0.1, -0.05) is 17.3 Å². The van der Waals surface area contributed by atoms with Crippen LogP contribution >= 0.6 is 0 Å². The van der Waals surface area contributed by atoms with Gasteiger partial charge in [0, 0.05) is 5.39 Å². The fourth-order valence-electron chi connectivity index (χ4n) is 1.58. The molecule has 2 aromatic heterocycles. The molecule has 0 aliphatic heterocycles. The van der Waals surface area contributed by atoms with E-state index in [1.54, 1.807) is 29.2 Å². The molecule has 3 rings (SSSR count). The Balaban J connectivity index is 2.27. The van der Waals surface area contributed by atoms with Gasteiger partial charge < -0.3 is 5.11 Å². The zero-order valence-corrected chi connectivity index (χ0v) is 8.28. The maximum absolute atomic E-state index is 9.69. The van der Waals surface area contributed by atoms with Crippen LogP contribution in [0.4, 0.5) is 0 Å². The monoisotopic (exact) mass is 212 g/mol. The van der Waals surface area contributed by atoms with Crippen molar-refractivity contribution in [1.82, 2.24) is 20.0 Å². The van der Waals surface area contributed by atoms with E-state index in [2.05, 4.69) is 15.3 Å². The minimum Gasteiger partial charge on any atom is -0.506 e. The number of aromatic nitrogens is 4. The Kier molecular flexibility index (Phi) is 1.83. The Morgan fingerprint density at radius 2 is 2.06 bits per heavy atom. The molecule has 5 nitrogen and oxygen atoms in total. The van der Waals surface area contributed by atoms with Gasteiger partial charge >= 0.3 is 0 Å². The number of hydrogen-bond acceptors (Lipinski definition) is 4. The average Bonchev–Trinajstić information content (AvgIpc) is 2.83. The van der Waals surface area contributed by atoms with Crippen molar-refractivity contribution in [2.45, 2.75) is 0 Å². The molecule has 1 N–H and O–H groups in total. The third kappa shape index (κ3) is 1.30. The Morgan fingerprint density at radius 3 is 2.88 bits per heavy atom. The zero-order chi connectivity index (χ0) is 11.0. The molecular weight excluding hydrogens is 204 g/mol. The molecule has 0 radical (unpaired) electrons. The summed E-state index contributed by atoms with van der Waals surface area (Å²) in [7, 11) is 0. The van der Waals surface area contributed by atoms with E-state index in [1.807, 2.05) is 18.2 Å². The number of phenols is 1. The van der Waals surface area contributed by atoms with Crippen LogP contribution < -0.4 is 0 Å². The molecule has 0 amide bonds. The zero-order valence-electron chi connectivity index (χ0n) is 8.28. The molecule has 5 heteroatoms. The lowest BCUT2D eigenvalue weighted by Gasteiger charge is -2.03. The van der Waals surface area contributed by atoms with E-state index in [-0.39, 0.29) is 5.75 Å². The highest BCUT2D eigenvalue weighted by molar-refractivity contribution is 5.84. The summed E-state index contributed by atoms with van der Waals surface area (Å²) in [4.78, 5) is 4.33. The summed E-state index contributed by atoms with van der Waals surface area (Å²) in [6.07, 6.45) is 3.28. The van der Waals surface area contributed by atoms with Crippen LogP contribution in [-0.4, -0.2) is 25.1 Å². The van der Waals surface area contributed by atoms with Gasteiger partial charge in [0.05, 0.1) is 12.4 Å². The molecule has 0 aliphatic rings. The van der Waals surface area contributed by atoms with E-state index in [1.165, 1.54) is 0 Å². The van der Waals surface area contributed by atoms with Gasteiger partial charge in [-0.2, -0.15) is 0 Å². The first-order valence-electron chi connectivity index (χ1n) is 4.80. The summed E-state index contributed by atoms with van der Waals surface area (Å²) in [6, 6.07) is 9.01. The Hall–Kier alpha value is -2.43. The number of nitrogens with zero attached hydrogens (tertiary/aromatic N) is 4. The van der Waals surface area contributed by atoms with Gasteiger partial charge in [-0.3, -0.25) is 0 Å². The first kappa shape index (κ1) is 8.84. The molecule has 0 saturated heterocycles. The summed E-state index contributed by atoms with van der Waals surface area (Å²) >= 11 is 0. The predicted molar refractivity (Wildman–Crippen MR) is 58.3 cm³/mol. The number of hydrogen-bond donors (Lipinski definition) is 1. The smallest absolute Gasteiger partial charge is 0.155 e. The quantitative estimate of drug-likeness (QED) is 0.664. The van der Waals surface area contributed by atoms with Crippen LogP contribution in [0, 0.1) is 0 Å². The van der Waals surface area contributed by atoms with Gasteiger partial charge in [0.1, 0.15) is 11.3 Å². The van der Waals surface area contributed by atoms with Crippen LogP contribution in [0.2, 0.25) is 0 Å². The van der Waals surface area contributed by atoms with Crippen LogP contribution in [-0.2, 0) is 0 Å². The minimum absolute atomic E-state index is 0.166. The van der Waals surface area contributed by atoms with Crippen molar-refractivity contribution in [2.24, 2.45) is 0 Å². The summed E-state index contributed by atoms with van der Waals surface area (Å²) in [5, 5.41) is 18.1. The Bertz CT molecular complexity index is 634. The van der Waals surface area contributed by atoms with Gasteiger partial charge in [0.15, 0.2) is 5.82 Å². The van der Waals surface area contributed by atoms with E-state index in [9.17, 15) is 5.11 Å². The first-order valence-corrected chi connectivity index (χ1v) is 4.80. The molecule has 78 valence electrons. The summed E-state index contributed by atoms with van der Waals surface area (Å²) in [5.41, 5.74) is 0.565.